The maximum Gasteiger partial charge on any atom is 0.255 e. The molecule has 3 rings (SSSR count). The van der Waals surface area contributed by atoms with Gasteiger partial charge in [0.25, 0.3) is 5.91 Å². The van der Waals surface area contributed by atoms with Gasteiger partial charge in [0, 0.05) is 48.3 Å². The Bertz CT molecular complexity index is 786. The molecule has 0 aliphatic carbocycles. The molecule has 6 heteroatoms. The Balaban J connectivity index is 1.51. The van der Waals surface area contributed by atoms with Crippen LogP contribution < -0.4 is 16.0 Å². The van der Waals surface area contributed by atoms with Crippen molar-refractivity contribution in [3.8, 4) is 0 Å². The minimum absolute atomic E-state index is 0.0455. The van der Waals surface area contributed by atoms with Gasteiger partial charge in [-0.05, 0) is 36.8 Å². The van der Waals surface area contributed by atoms with Gasteiger partial charge in [-0.3, -0.25) is 9.59 Å². The van der Waals surface area contributed by atoms with Gasteiger partial charge >= 0.3 is 0 Å². The zero-order valence-electron chi connectivity index (χ0n) is 15.5. The molecule has 0 radical (unpaired) electrons. The maximum atomic E-state index is 12.3. The molecule has 1 aliphatic heterocycles. The summed E-state index contributed by atoms with van der Waals surface area (Å²) in [4.78, 5) is 24.5. The Hall–Kier alpha value is -2.31. The number of aryl methyl sites for hydroxylation is 1. The third kappa shape index (κ3) is 6.12. The zero-order chi connectivity index (χ0) is 19.1. The molecule has 1 heterocycles. The quantitative estimate of drug-likeness (QED) is 0.717. The van der Waals surface area contributed by atoms with Crippen LogP contribution in [-0.4, -0.2) is 35.9 Å². The summed E-state index contributed by atoms with van der Waals surface area (Å²) >= 11 is 1.88. The first-order chi connectivity index (χ1) is 13.1. The van der Waals surface area contributed by atoms with E-state index in [1.807, 2.05) is 67.2 Å². The number of rotatable bonds is 6. The summed E-state index contributed by atoms with van der Waals surface area (Å²) in [5, 5.41) is 9.24. The number of hydrogen-bond donors (Lipinski definition) is 3. The molecular weight excluding hydrogens is 358 g/mol. The number of amides is 2. The summed E-state index contributed by atoms with van der Waals surface area (Å²) in [5.74, 6) is 1.99. The topological polar surface area (TPSA) is 70.2 Å². The smallest absolute Gasteiger partial charge is 0.255 e. The zero-order valence-corrected chi connectivity index (χ0v) is 16.3. The van der Waals surface area contributed by atoms with Crippen molar-refractivity contribution in [1.82, 2.24) is 10.6 Å². The molecule has 0 spiro atoms. The fourth-order valence-corrected chi connectivity index (χ4v) is 3.86. The molecule has 3 N–H and O–H groups in total. The molecule has 142 valence electrons. The molecule has 0 aromatic heterocycles. The maximum absolute atomic E-state index is 12.3. The third-order valence-corrected chi connectivity index (χ3v) is 5.55. The van der Waals surface area contributed by atoms with Crippen LogP contribution in [0.5, 0.6) is 0 Å². The van der Waals surface area contributed by atoms with Crippen molar-refractivity contribution in [2.75, 3.05) is 23.4 Å². The lowest BCUT2D eigenvalue weighted by Gasteiger charge is -2.22. The van der Waals surface area contributed by atoms with Gasteiger partial charge in [-0.2, -0.15) is 11.8 Å². The number of carbonyl (C=O) groups is 2. The number of nitrogens with one attached hydrogen (secondary N) is 3. The second-order valence-electron chi connectivity index (χ2n) is 6.73. The molecule has 5 nitrogen and oxygen atoms in total. The second-order valence-corrected chi connectivity index (χ2v) is 7.88. The summed E-state index contributed by atoms with van der Waals surface area (Å²) in [6.07, 6.45) is 0.497. The number of hydrogen-bond acceptors (Lipinski definition) is 4. The lowest BCUT2D eigenvalue weighted by Crippen LogP contribution is -2.41. The molecule has 1 atom stereocenters. The first kappa shape index (κ1) is 19.5. The predicted molar refractivity (Wildman–Crippen MR) is 111 cm³/mol. The van der Waals surface area contributed by atoms with Crippen molar-refractivity contribution in [2.45, 2.75) is 25.9 Å². The average molecular weight is 384 g/mol. The van der Waals surface area contributed by atoms with E-state index in [1.165, 1.54) is 0 Å². The van der Waals surface area contributed by atoms with Crippen LogP contribution in [-0.2, 0) is 11.3 Å². The van der Waals surface area contributed by atoms with Crippen molar-refractivity contribution >= 4 is 29.3 Å². The Morgan fingerprint density at radius 3 is 2.74 bits per heavy atom. The monoisotopic (exact) mass is 383 g/mol. The van der Waals surface area contributed by atoms with Gasteiger partial charge in [0.2, 0.25) is 5.91 Å². The van der Waals surface area contributed by atoms with Crippen molar-refractivity contribution < 1.29 is 9.59 Å². The normalized spacial score (nSPS) is 16.6. The number of anilines is 1. The summed E-state index contributed by atoms with van der Waals surface area (Å²) in [7, 11) is 0. The summed E-state index contributed by atoms with van der Waals surface area (Å²) in [5.41, 5.74) is 3.41. The largest absolute Gasteiger partial charge is 0.352 e. The highest BCUT2D eigenvalue weighted by atomic mass is 32.2. The minimum atomic E-state index is -0.142. The third-order valence-electron chi connectivity index (χ3n) is 4.42. The Labute approximate surface area is 164 Å². The van der Waals surface area contributed by atoms with E-state index in [-0.39, 0.29) is 17.9 Å². The number of carbonyl (C=O) groups excluding carboxylic acids is 2. The van der Waals surface area contributed by atoms with Gasteiger partial charge in [-0.1, -0.05) is 29.8 Å². The Kier molecular flexibility index (Phi) is 6.90. The first-order valence-electron chi connectivity index (χ1n) is 9.15. The van der Waals surface area contributed by atoms with Crippen LogP contribution in [0.4, 0.5) is 5.69 Å². The molecule has 1 saturated heterocycles. The lowest BCUT2D eigenvalue weighted by atomic mass is 10.1. The van der Waals surface area contributed by atoms with Crippen molar-refractivity contribution in [2.24, 2.45) is 0 Å². The van der Waals surface area contributed by atoms with Gasteiger partial charge < -0.3 is 16.0 Å². The average Bonchev–Trinajstić information content (AvgIpc) is 2.68. The molecular formula is C21H25N3O2S. The highest BCUT2D eigenvalue weighted by molar-refractivity contribution is 7.99. The molecule has 1 unspecified atom stereocenters. The fourth-order valence-electron chi connectivity index (χ4n) is 2.91. The van der Waals surface area contributed by atoms with Crippen LogP contribution in [0.15, 0.2) is 48.5 Å². The molecule has 1 aliphatic rings. The van der Waals surface area contributed by atoms with E-state index in [9.17, 15) is 9.59 Å². The van der Waals surface area contributed by atoms with Gasteiger partial charge in [0.05, 0.1) is 0 Å². The van der Waals surface area contributed by atoms with E-state index in [4.69, 9.17) is 0 Å². The molecule has 27 heavy (non-hydrogen) atoms. The van der Waals surface area contributed by atoms with Crippen LogP contribution in [0.1, 0.15) is 27.9 Å². The number of thioether (sulfide) groups is 1. The summed E-state index contributed by atoms with van der Waals surface area (Å²) in [6.45, 7) is 3.40. The first-order valence-corrected chi connectivity index (χ1v) is 10.3. The standard InChI is InChI=1S/C21H25N3O2S/c1-15-5-7-17(8-6-15)21(26)24-18-4-2-3-16(11-18)13-23-20(25)12-19-14-27-10-9-22-19/h2-8,11,19,22H,9-10,12-14H2,1H3,(H,23,25)(H,24,26). The van der Waals surface area contributed by atoms with Crippen LogP contribution >= 0.6 is 11.8 Å². The van der Waals surface area contributed by atoms with Gasteiger partial charge in [0.1, 0.15) is 0 Å². The molecule has 0 bridgehead atoms. The van der Waals surface area contributed by atoms with E-state index in [0.29, 0.717) is 18.5 Å². The molecule has 0 saturated carbocycles. The molecule has 2 aromatic rings. The van der Waals surface area contributed by atoms with Crippen molar-refractivity contribution in [1.29, 1.82) is 0 Å². The SMILES string of the molecule is Cc1ccc(C(=O)Nc2cccc(CNC(=O)CC3CSCCN3)c2)cc1. The van der Waals surface area contributed by atoms with E-state index in [0.717, 1.165) is 34.9 Å². The van der Waals surface area contributed by atoms with E-state index in [1.54, 1.807) is 0 Å². The molecule has 2 aromatic carbocycles. The van der Waals surface area contributed by atoms with Gasteiger partial charge in [0.15, 0.2) is 0 Å². The summed E-state index contributed by atoms with van der Waals surface area (Å²) < 4.78 is 0. The van der Waals surface area contributed by atoms with Crippen LogP contribution in [0.3, 0.4) is 0 Å². The number of benzene rings is 2. The predicted octanol–water partition coefficient (Wildman–Crippen LogP) is 2.96. The highest BCUT2D eigenvalue weighted by Gasteiger charge is 2.16. The van der Waals surface area contributed by atoms with Crippen LogP contribution in [0.25, 0.3) is 0 Å². The van der Waals surface area contributed by atoms with E-state index >= 15 is 0 Å². The Morgan fingerprint density at radius 2 is 2.00 bits per heavy atom. The van der Waals surface area contributed by atoms with Crippen molar-refractivity contribution in [3.63, 3.8) is 0 Å². The van der Waals surface area contributed by atoms with E-state index in [2.05, 4.69) is 16.0 Å². The van der Waals surface area contributed by atoms with Gasteiger partial charge in [-0.25, -0.2) is 0 Å². The second kappa shape index (κ2) is 9.58. The van der Waals surface area contributed by atoms with E-state index < -0.39 is 0 Å². The lowest BCUT2D eigenvalue weighted by molar-refractivity contribution is -0.121. The molecule has 1 fully saturated rings. The van der Waals surface area contributed by atoms with Crippen LogP contribution in [0, 0.1) is 6.92 Å². The van der Waals surface area contributed by atoms with Crippen LogP contribution in [0.2, 0.25) is 0 Å². The molecule has 2 amide bonds. The minimum Gasteiger partial charge on any atom is -0.352 e. The van der Waals surface area contributed by atoms with Gasteiger partial charge in [-0.15, -0.1) is 0 Å². The Morgan fingerprint density at radius 1 is 1.19 bits per heavy atom. The van der Waals surface area contributed by atoms with Crippen molar-refractivity contribution in [3.05, 3.63) is 65.2 Å². The summed E-state index contributed by atoms with van der Waals surface area (Å²) in [6, 6.07) is 15.3. The highest BCUT2D eigenvalue weighted by Crippen LogP contribution is 2.14. The fraction of sp³-hybridized carbons (Fsp3) is 0.333.